The molecule has 0 aliphatic rings. The quantitative estimate of drug-likeness (QED) is 0.250. The van der Waals surface area contributed by atoms with Gasteiger partial charge in [0.2, 0.25) is 5.78 Å². The molecule has 0 rings (SSSR count). The molecule has 0 saturated heterocycles. The summed E-state index contributed by atoms with van der Waals surface area (Å²) in [4.78, 5) is 25.4. The fourth-order valence-corrected chi connectivity index (χ4v) is 1.76. The number of carbonyl (C=O) groups excluding carboxylic acids is 2. The molecule has 0 radical (unpaired) electrons. The molecule has 6 nitrogen and oxygen atoms in total. The van der Waals surface area contributed by atoms with Crippen molar-refractivity contribution in [2.24, 2.45) is 0 Å². The fraction of sp³-hybridized carbons (Fsp3) is 0.889. The molecular weight excluding hydrogens is 403 g/mol. The first-order valence-electron chi connectivity index (χ1n) is 8.94. The zero-order valence-electron chi connectivity index (χ0n) is 16.7. The fourth-order valence-electron chi connectivity index (χ4n) is 1.76. The number of hydrogen-bond acceptors (Lipinski definition) is 6. The van der Waals surface area contributed by atoms with Gasteiger partial charge >= 0.3 is 11.8 Å². The molecule has 3 unspecified atom stereocenters. The van der Waals surface area contributed by atoms with Gasteiger partial charge in [-0.05, 0) is 47.0 Å². The van der Waals surface area contributed by atoms with Crippen molar-refractivity contribution in [1.82, 2.24) is 0 Å². The predicted molar refractivity (Wildman–Crippen MR) is 91.8 cm³/mol. The zero-order valence-corrected chi connectivity index (χ0v) is 19.2. The van der Waals surface area contributed by atoms with Crippen LogP contribution < -0.4 is 0 Å². The second-order valence-electron chi connectivity index (χ2n) is 5.96. The van der Waals surface area contributed by atoms with Crippen LogP contribution in [0.15, 0.2) is 0 Å². The Bertz CT molecular complexity index is 376. The summed E-state index contributed by atoms with van der Waals surface area (Å²) >= 11 is 0. The van der Waals surface area contributed by atoms with Crippen molar-refractivity contribution in [2.45, 2.75) is 91.8 Å². The minimum Gasteiger partial charge on any atom is -0.462 e. The van der Waals surface area contributed by atoms with Crippen LogP contribution in [0.4, 0.5) is 0 Å². The van der Waals surface area contributed by atoms with E-state index >= 15 is 0 Å². The molecule has 0 fully saturated rings. The smallest absolute Gasteiger partial charge is 0.375 e. The molecule has 0 aromatic carbocycles. The summed E-state index contributed by atoms with van der Waals surface area (Å²) in [5.41, 5.74) is 0. The minimum absolute atomic E-state index is 0. The number of carbonyl (C=O) groups is 2. The van der Waals surface area contributed by atoms with Gasteiger partial charge in [-0.2, -0.15) is 0 Å². The number of rotatable bonds is 13. The van der Waals surface area contributed by atoms with E-state index in [0.717, 1.165) is 6.42 Å². The maximum absolute atomic E-state index is 12.8. The molecule has 0 aliphatic carbocycles. The van der Waals surface area contributed by atoms with Crippen molar-refractivity contribution in [3.63, 3.8) is 0 Å². The second kappa shape index (κ2) is 14.0. The van der Waals surface area contributed by atoms with Crippen LogP contribution in [0, 0.1) is 0 Å². The van der Waals surface area contributed by atoms with Gasteiger partial charge in [-0.25, -0.2) is 4.79 Å². The van der Waals surface area contributed by atoms with E-state index in [2.05, 4.69) is 0 Å². The van der Waals surface area contributed by atoms with E-state index in [1.807, 2.05) is 27.7 Å². The average molecular weight is 438 g/mol. The average Bonchev–Trinajstić information content (AvgIpc) is 2.58. The Kier molecular flexibility index (Phi) is 15.2. The molecule has 0 aromatic heterocycles. The third-order valence-electron chi connectivity index (χ3n) is 3.87. The first-order chi connectivity index (χ1) is 11.3. The second-order valence-corrected chi connectivity index (χ2v) is 5.96. The Morgan fingerprint density at radius 1 is 0.840 bits per heavy atom. The number of hydrogen-bond donors (Lipinski definition) is 0. The van der Waals surface area contributed by atoms with Crippen molar-refractivity contribution < 1.29 is 54.7 Å². The van der Waals surface area contributed by atoms with Gasteiger partial charge in [0.25, 0.3) is 0 Å². The maximum Gasteiger partial charge on any atom is 0.375 e. The molecule has 0 saturated carbocycles. The van der Waals surface area contributed by atoms with E-state index in [1.165, 1.54) is 0 Å². The topological polar surface area (TPSA) is 71.1 Å². The van der Waals surface area contributed by atoms with Crippen molar-refractivity contribution >= 4 is 11.8 Å². The Morgan fingerprint density at radius 3 is 1.64 bits per heavy atom. The van der Waals surface area contributed by atoms with Crippen LogP contribution >= 0.6 is 0 Å². The predicted octanol–water partition coefficient (Wildman–Crippen LogP) is 3.26. The SMILES string of the molecule is CCOC(=O)C(OC(C)CC)(OC(C)CC)C(=O)COC(C)CC.[Zr]. The van der Waals surface area contributed by atoms with E-state index in [-0.39, 0.29) is 57.7 Å². The Morgan fingerprint density at radius 2 is 1.28 bits per heavy atom. The first-order valence-corrected chi connectivity index (χ1v) is 8.94. The van der Waals surface area contributed by atoms with Crippen LogP contribution in [0.25, 0.3) is 0 Å². The molecule has 7 heteroatoms. The van der Waals surface area contributed by atoms with E-state index < -0.39 is 17.5 Å². The number of esters is 1. The van der Waals surface area contributed by atoms with E-state index in [9.17, 15) is 9.59 Å². The van der Waals surface area contributed by atoms with E-state index in [0.29, 0.717) is 12.8 Å². The van der Waals surface area contributed by atoms with Crippen molar-refractivity contribution in [3.05, 3.63) is 0 Å². The van der Waals surface area contributed by atoms with E-state index in [4.69, 9.17) is 18.9 Å². The van der Waals surface area contributed by atoms with Crippen molar-refractivity contribution in [1.29, 1.82) is 0 Å². The summed E-state index contributed by atoms with van der Waals surface area (Å²) in [6, 6.07) is 0. The van der Waals surface area contributed by atoms with Gasteiger partial charge in [0.15, 0.2) is 0 Å². The molecule has 0 amide bonds. The minimum atomic E-state index is -2.08. The molecule has 0 heterocycles. The Balaban J connectivity index is 0. The molecule has 0 aliphatic heterocycles. The summed E-state index contributed by atoms with van der Waals surface area (Å²) in [6.07, 6.45) is 1.24. The summed E-state index contributed by atoms with van der Waals surface area (Å²) in [5.74, 6) is -3.46. The van der Waals surface area contributed by atoms with Crippen LogP contribution in [-0.4, -0.2) is 49.1 Å². The van der Waals surface area contributed by atoms with Crippen LogP contribution in [0.3, 0.4) is 0 Å². The molecule has 146 valence electrons. The molecule has 3 atom stereocenters. The van der Waals surface area contributed by atoms with Crippen molar-refractivity contribution in [2.75, 3.05) is 13.2 Å². The van der Waals surface area contributed by atoms with Gasteiger partial charge in [0, 0.05) is 26.2 Å². The summed E-state index contributed by atoms with van der Waals surface area (Å²) in [5, 5.41) is 0. The van der Waals surface area contributed by atoms with Crippen LogP contribution in [0.5, 0.6) is 0 Å². The van der Waals surface area contributed by atoms with Gasteiger partial charge < -0.3 is 18.9 Å². The molecule has 0 bridgehead atoms. The van der Waals surface area contributed by atoms with Crippen LogP contribution in [-0.2, 0) is 54.7 Å². The first kappa shape index (κ1) is 27.1. The van der Waals surface area contributed by atoms with Gasteiger partial charge in [-0.1, -0.05) is 20.8 Å². The van der Waals surface area contributed by atoms with E-state index in [1.54, 1.807) is 20.8 Å². The Hall–Kier alpha value is -0.0969. The zero-order chi connectivity index (χ0) is 18.8. The third-order valence-corrected chi connectivity index (χ3v) is 3.87. The number of ketones is 1. The number of ether oxygens (including phenoxy) is 4. The van der Waals surface area contributed by atoms with Gasteiger partial charge in [0.1, 0.15) is 6.61 Å². The van der Waals surface area contributed by atoms with Crippen LogP contribution in [0.2, 0.25) is 0 Å². The normalized spacial score (nSPS) is 16.9. The van der Waals surface area contributed by atoms with Gasteiger partial charge in [-0.3, -0.25) is 4.79 Å². The molecule has 0 N–H and O–H groups in total. The largest absolute Gasteiger partial charge is 0.462 e. The van der Waals surface area contributed by atoms with Gasteiger partial charge in [0.05, 0.1) is 24.9 Å². The molecule has 0 aromatic rings. The molecule has 0 spiro atoms. The molecular formula is C18H34O6Zr. The summed E-state index contributed by atoms with van der Waals surface area (Å²) < 4.78 is 22.1. The number of Topliss-reactive ketones (excluding diaryl/α,β-unsaturated/α-hetero) is 1. The van der Waals surface area contributed by atoms with Crippen molar-refractivity contribution in [3.8, 4) is 0 Å². The van der Waals surface area contributed by atoms with Gasteiger partial charge in [-0.15, -0.1) is 0 Å². The summed E-state index contributed by atoms with van der Waals surface area (Å²) in [6.45, 7) is 12.8. The summed E-state index contributed by atoms with van der Waals surface area (Å²) in [7, 11) is 0. The Labute approximate surface area is 171 Å². The monoisotopic (exact) mass is 436 g/mol. The van der Waals surface area contributed by atoms with Crippen LogP contribution in [0.1, 0.15) is 67.7 Å². The maximum atomic E-state index is 12.8. The molecule has 25 heavy (non-hydrogen) atoms. The standard InChI is InChI=1S/C18H34O6.Zr/c1-8-13(5)22-12-16(19)18(17(20)21-11-4,23-14(6)9-2)24-15(7)10-3;/h13-15H,8-12H2,1-7H3;. The third kappa shape index (κ3) is 8.90.